The van der Waals surface area contributed by atoms with Gasteiger partial charge in [-0.05, 0) is 24.7 Å². The molecule has 1 aromatic carbocycles. The highest BCUT2D eigenvalue weighted by molar-refractivity contribution is 8.00. The van der Waals surface area contributed by atoms with Gasteiger partial charge in [-0.3, -0.25) is 4.79 Å². The molecule has 1 aliphatic carbocycles. The summed E-state index contributed by atoms with van der Waals surface area (Å²) in [5, 5.41) is 3.05. The summed E-state index contributed by atoms with van der Waals surface area (Å²) in [4.78, 5) is 12.1. The van der Waals surface area contributed by atoms with Crippen molar-refractivity contribution in [3.05, 3.63) is 35.9 Å². The van der Waals surface area contributed by atoms with Crippen LogP contribution in [0.2, 0.25) is 0 Å². The Morgan fingerprint density at radius 2 is 2.05 bits per heavy atom. The van der Waals surface area contributed by atoms with Gasteiger partial charge in [0.2, 0.25) is 5.91 Å². The molecule has 0 saturated heterocycles. The van der Waals surface area contributed by atoms with Crippen molar-refractivity contribution in [3.8, 4) is 0 Å². The summed E-state index contributed by atoms with van der Waals surface area (Å²) in [6.45, 7) is 2.66. The zero-order valence-corrected chi connectivity index (χ0v) is 12.4. The fourth-order valence-electron chi connectivity index (χ4n) is 2.13. The van der Waals surface area contributed by atoms with Gasteiger partial charge >= 0.3 is 0 Å². The predicted molar refractivity (Wildman–Crippen MR) is 81.0 cm³/mol. The van der Waals surface area contributed by atoms with Crippen molar-refractivity contribution < 1.29 is 4.79 Å². The molecule has 1 saturated carbocycles. The molecule has 2 atom stereocenters. The van der Waals surface area contributed by atoms with Crippen molar-refractivity contribution >= 4 is 17.7 Å². The van der Waals surface area contributed by atoms with E-state index in [0.29, 0.717) is 4.75 Å². The number of nitrogens with one attached hydrogen (secondary N) is 1. The number of rotatable bonds is 6. The van der Waals surface area contributed by atoms with E-state index >= 15 is 0 Å². The van der Waals surface area contributed by atoms with Crippen LogP contribution in [0, 0.1) is 5.92 Å². The molecule has 1 amide bonds. The van der Waals surface area contributed by atoms with Gasteiger partial charge in [-0.2, -0.15) is 11.8 Å². The predicted octanol–water partition coefficient (Wildman–Crippen LogP) is 2.33. The molecule has 0 spiro atoms. The third kappa shape index (κ3) is 3.51. The topological polar surface area (TPSA) is 55.1 Å². The van der Waals surface area contributed by atoms with E-state index in [-0.39, 0.29) is 17.9 Å². The first-order chi connectivity index (χ1) is 9.08. The molecule has 4 heteroatoms. The number of nitrogens with two attached hydrogens (primary N) is 1. The van der Waals surface area contributed by atoms with E-state index < -0.39 is 0 Å². The Kier molecular flexibility index (Phi) is 4.53. The van der Waals surface area contributed by atoms with Crippen LogP contribution in [0.1, 0.15) is 31.4 Å². The zero-order valence-electron chi connectivity index (χ0n) is 11.6. The molecular weight excluding hydrogens is 256 g/mol. The highest BCUT2D eigenvalue weighted by atomic mass is 32.2. The molecule has 1 aromatic rings. The fraction of sp³-hybridized carbons (Fsp3) is 0.533. The van der Waals surface area contributed by atoms with E-state index in [1.165, 1.54) is 12.8 Å². The molecule has 2 unspecified atom stereocenters. The number of thioether (sulfide) groups is 1. The molecule has 3 N–H and O–H groups in total. The first kappa shape index (κ1) is 14.4. The van der Waals surface area contributed by atoms with E-state index in [4.69, 9.17) is 5.73 Å². The molecule has 0 aliphatic heterocycles. The van der Waals surface area contributed by atoms with Gasteiger partial charge in [0, 0.05) is 17.3 Å². The van der Waals surface area contributed by atoms with Gasteiger partial charge in [0.1, 0.15) is 0 Å². The number of amides is 1. The van der Waals surface area contributed by atoms with Crippen LogP contribution in [-0.4, -0.2) is 23.5 Å². The summed E-state index contributed by atoms with van der Waals surface area (Å²) >= 11 is 1.85. The summed E-state index contributed by atoms with van der Waals surface area (Å²) < 4.78 is 0.298. The van der Waals surface area contributed by atoms with Crippen molar-refractivity contribution in [2.24, 2.45) is 11.7 Å². The van der Waals surface area contributed by atoms with Crippen molar-refractivity contribution in [2.45, 2.75) is 30.6 Å². The lowest BCUT2D eigenvalue weighted by Crippen LogP contribution is -2.39. The van der Waals surface area contributed by atoms with Gasteiger partial charge in [-0.25, -0.2) is 0 Å². The summed E-state index contributed by atoms with van der Waals surface area (Å²) in [5.41, 5.74) is 7.17. The van der Waals surface area contributed by atoms with Crippen LogP contribution in [0.4, 0.5) is 0 Å². The summed E-state index contributed by atoms with van der Waals surface area (Å²) in [5.74, 6) is -0.156. The highest BCUT2D eigenvalue weighted by Gasteiger charge is 2.42. The molecule has 0 heterocycles. The Bertz CT molecular complexity index is 431. The fourth-order valence-corrected chi connectivity index (χ4v) is 2.86. The lowest BCUT2D eigenvalue weighted by molar-refractivity contribution is -0.125. The van der Waals surface area contributed by atoms with E-state index in [0.717, 1.165) is 12.1 Å². The second-order valence-corrected chi connectivity index (χ2v) is 6.60. The van der Waals surface area contributed by atoms with Crippen LogP contribution >= 0.6 is 11.8 Å². The van der Waals surface area contributed by atoms with Gasteiger partial charge in [-0.15, -0.1) is 0 Å². The number of carbonyl (C=O) groups excluding carboxylic acids is 1. The second-order valence-electron chi connectivity index (χ2n) is 5.33. The molecule has 104 valence electrons. The van der Waals surface area contributed by atoms with Gasteiger partial charge < -0.3 is 11.1 Å². The number of benzene rings is 1. The molecule has 1 fully saturated rings. The van der Waals surface area contributed by atoms with E-state index in [9.17, 15) is 4.79 Å². The first-order valence-electron chi connectivity index (χ1n) is 6.71. The highest BCUT2D eigenvalue weighted by Crippen LogP contribution is 2.46. The average molecular weight is 278 g/mol. The lowest BCUT2D eigenvalue weighted by Gasteiger charge is -2.21. The summed E-state index contributed by atoms with van der Waals surface area (Å²) in [6.07, 6.45) is 4.51. The Morgan fingerprint density at radius 3 is 2.58 bits per heavy atom. The minimum atomic E-state index is -0.245. The molecule has 19 heavy (non-hydrogen) atoms. The van der Waals surface area contributed by atoms with E-state index in [1.54, 1.807) is 0 Å². The molecule has 0 radical (unpaired) electrons. The van der Waals surface area contributed by atoms with Crippen LogP contribution in [0.3, 0.4) is 0 Å². The Morgan fingerprint density at radius 1 is 1.42 bits per heavy atom. The van der Waals surface area contributed by atoms with Gasteiger partial charge in [-0.1, -0.05) is 37.3 Å². The summed E-state index contributed by atoms with van der Waals surface area (Å²) in [7, 11) is 0. The average Bonchev–Trinajstić information content (AvgIpc) is 3.25. The monoisotopic (exact) mass is 278 g/mol. The second kappa shape index (κ2) is 5.97. The largest absolute Gasteiger partial charge is 0.354 e. The van der Waals surface area contributed by atoms with Gasteiger partial charge in [0.25, 0.3) is 0 Å². The molecule has 0 bridgehead atoms. The maximum absolute atomic E-state index is 12.1. The standard InChI is InChI=1S/C15H22N2OS/c1-11(13(16)12-6-4-3-5-7-12)14(18)17-10-15(19-2)8-9-15/h3-7,11,13H,8-10,16H2,1-2H3,(H,17,18). The Labute approximate surface area is 119 Å². The number of hydrogen-bond acceptors (Lipinski definition) is 3. The van der Waals surface area contributed by atoms with Crippen molar-refractivity contribution in [1.82, 2.24) is 5.32 Å². The van der Waals surface area contributed by atoms with Crippen molar-refractivity contribution in [2.75, 3.05) is 12.8 Å². The Hall–Kier alpha value is -1.00. The lowest BCUT2D eigenvalue weighted by atomic mass is 9.94. The minimum Gasteiger partial charge on any atom is -0.354 e. The normalized spacial score (nSPS) is 19.5. The van der Waals surface area contributed by atoms with Crippen LogP contribution in [0.15, 0.2) is 30.3 Å². The number of carbonyl (C=O) groups is 1. The first-order valence-corrected chi connectivity index (χ1v) is 7.94. The van der Waals surface area contributed by atoms with Crippen molar-refractivity contribution in [1.29, 1.82) is 0 Å². The SMILES string of the molecule is CSC1(CNC(=O)C(C)C(N)c2ccccc2)CC1. The van der Waals surface area contributed by atoms with Crippen LogP contribution < -0.4 is 11.1 Å². The number of hydrogen-bond donors (Lipinski definition) is 2. The van der Waals surface area contributed by atoms with Crippen LogP contribution in [0.5, 0.6) is 0 Å². The summed E-state index contributed by atoms with van der Waals surface area (Å²) in [6, 6.07) is 9.55. The zero-order chi connectivity index (χ0) is 13.9. The van der Waals surface area contributed by atoms with Crippen LogP contribution in [0.25, 0.3) is 0 Å². The molecule has 3 nitrogen and oxygen atoms in total. The Balaban J connectivity index is 1.88. The third-order valence-electron chi connectivity index (χ3n) is 3.96. The quantitative estimate of drug-likeness (QED) is 0.839. The van der Waals surface area contributed by atoms with Crippen molar-refractivity contribution in [3.63, 3.8) is 0 Å². The van der Waals surface area contributed by atoms with Crippen LogP contribution in [-0.2, 0) is 4.79 Å². The molecular formula is C15H22N2OS. The third-order valence-corrected chi connectivity index (χ3v) is 5.38. The molecule has 0 aromatic heterocycles. The van der Waals surface area contributed by atoms with Gasteiger partial charge in [0.05, 0.1) is 5.92 Å². The van der Waals surface area contributed by atoms with E-state index in [1.807, 2.05) is 49.0 Å². The smallest absolute Gasteiger partial charge is 0.224 e. The molecule has 2 rings (SSSR count). The van der Waals surface area contributed by atoms with E-state index in [2.05, 4.69) is 11.6 Å². The maximum Gasteiger partial charge on any atom is 0.224 e. The minimum absolute atomic E-state index is 0.0525. The van der Waals surface area contributed by atoms with Gasteiger partial charge in [0.15, 0.2) is 0 Å². The maximum atomic E-state index is 12.1. The molecule has 1 aliphatic rings.